The van der Waals surface area contributed by atoms with Gasteiger partial charge in [0, 0.05) is 0 Å². The highest BCUT2D eigenvalue weighted by molar-refractivity contribution is 5.09. The zero-order valence-corrected chi connectivity index (χ0v) is 7.64. The number of hydrogen-bond donors (Lipinski definition) is 0. The molecule has 4 unspecified atom stereocenters. The monoisotopic (exact) mass is 150 g/mol. The number of allylic oxidation sites excluding steroid dienone is 1. The van der Waals surface area contributed by atoms with E-state index in [0.717, 1.165) is 17.8 Å². The zero-order chi connectivity index (χ0) is 8.06. The Balaban J connectivity index is 2.29. The van der Waals surface area contributed by atoms with Gasteiger partial charge >= 0.3 is 0 Å². The third-order valence-electron chi connectivity index (χ3n) is 4.48. The molecule has 0 aromatic heterocycles. The molecule has 2 bridgehead atoms. The lowest BCUT2D eigenvalue weighted by atomic mass is 9.68. The molecule has 2 aliphatic carbocycles. The Kier molecular flexibility index (Phi) is 1.42. The van der Waals surface area contributed by atoms with Gasteiger partial charge in [-0.3, -0.25) is 0 Å². The molecular formula is C11H18. The second-order valence-electron chi connectivity index (χ2n) is 4.63. The minimum absolute atomic E-state index is 0.475. The Bertz CT molecular complexity index is 178. The van der Waals surface area contributed by atoms with E-state index in [1.807, 2.05) is 0 Å². The van der Waals surface area contributed by atoms with Gasteiger partial charge in [-0.1, -0.05) is 19.9 Å². The second-order valence-corrected chi connectivity index (χ2v) is 4.63. The zero-order valence-electron chi connectivity index (χ0n) is 7.64. The van der Waals surface area contributed by atoms with Gasteiger partial charge < -0.3 is 0 Å². The SMILES string of the molecule is C=CC1(C)C2CCC(C2)C1C. The van der Waals surface area contributed by atoms with E-state index in [2.05, 4.69) is 26.5 Å². The van der Waals surface area contributed by atoms with Crippen molar-refractivity contribution in [1.82, 2.24) is 0 Å². The van der Waals surface area contributed by atoms with Crippen molar-refractivity contribution < 1.29 is 0 Å². The second kappa shape index (κ2) is 2.12. The fraction of sp³-hybridized carbons (Fsp3) is 0.818. The fourth-order valence-corrected chi connectivity index (χ4v) is 3.27. The fourth-order valence-electron chi connectivity index (χ4n) is 3.27. The van der Waals surface area contributed by atoms with E-state index in [1.165, 1.54) is 19.3 Å². The van der Waals surface area contributed by atoms with Crippen LogP contribution < -0.4 is 0 Å². The Morgan fingerprint density at radius 3 is 2.55 bits per heavy atom. The summed E-state index contributed by atoms with van der Waals surface area (Å²) in [6.45, 7) is 8.79. The molecule has 0 aromatic rings. The van der Waals surface area contributed by atoms with Gasteiger partial charge in [0.2, 0.25) is 0 Å². The number of hydrogen-bond acceptors (Lipinski definition) is 0. The molecule has 0 saturated heterocycles. The third-order valence-corrected chi connectivity index (χ3v) is 4.48. The normalized spacial score (nSPS) is 54.9. The van der Waals surface area contributed by atoms with Crippen LogP contribution in [-0.4, -0.2) is 0 Å². The molecule has 62 valence electrons. The summed E-state index contributed by atoms with van der Waals surface area (Å²) in [6.07, 6.45) is 6.62. The lowest BCUT2D eigenvalue weighted by Gasteiger charge is -2.36. The quantitative estimate of drug-likeness (QED) is 0.503. The molecule has 0 heterocycles. The van der Waals surface area contributed by atoms with Crippen LogP contribution in [0.15, 0.2) is 12.7 Å². The first-order valence-corrected chi connectivity index (χ1v) is 4.82. The maximum atomic E-state index is 3.98. The highest BCUT2D eigenvalue weighted by atomic mass is 14.6. The topological polar surface area (TPSA) is 0 Å². The summed E-state index contributed by atoms with van der Waals surface area (Å²) < 4.78 is 0. The van der Waals surface area contributed by atoms with Crippen LogP contribution in [0.3, 0.4) is 0 Å². The lowest BCUT2D eigenvalue weighted by molar-refractivity contribution is 0.173. The van der Waals surface area contributed by atoms with E-state index in [1.54, 1.807) is 0 Å². The lowest BCUT2D eigenvalue weighted by Crippen LogP contribution is -2.29. The summed E-state index contributed by atoms with van der Waals surface area (Å²) in [5.74, 6) is 2.86. The summed E-state index contributed by atoms with van der Waals surface area (Å²) in [5, 5.41) is 0. The number of fused-ring (bicyclic) bond motifs is 2. The van der Waals surface area contributed by atoms with Crippen molar-refractivity contribution in [3.63, 3.8) is 0 Å². The first-order chi connectivity index (χ1) is 5.18. The Morgan fingerprint density at radius 1 is 1.45 bits per heavy atom. The van der Waals surface area contributed by atoms with Crippen molar-refractivity contribution in [2.45, 2.75) is 33.1 Å². The van der Waals surface area contributed by atoms with Crippen molar-refractivity contribution in [2.24, 2.45) is 23.2 Å². The maximum absolute atomic E-state index is 3.98. The molecule has 2 saturated carbocycles. The van der Waals surface area contributed by atoms with Gasteiger partial charge in [-0.05, 0) is 42.4 Å². The average molecular weight is 150 g/mol. The minimum atomic E-state index is 0.475. The van der Waals surface area contributed by atoms with E-state index in [0.29, 0.717) is 5.41 Å². The summed E-state index contributed by atoms with van der Waals surface area (Å²) in [7, 11) is 0. The predicted molar refractivity (Wildman–Crippen MR) is 48.3 cm³/mol. The van der Waals surface area contributed by atoms with Crippen LogP contribution in [0.4, 0.5) is 0 Å². The third kappa shape index (κ3) is 0.758. The van der Waals surface area contributed by atoms with Crippen molar-refractivity contribution in [3.8, 4) is 0 Å². The molecule has 0 N–H and O–H groups in total. The molecule has 2 aliphatic rings. The molecule has 11 heavy (non-hydrogen) atoms. The molecule has 0 radical (unpaired) electrons. The van der Waals surface area contributed by atoms with Gasteiger partial charge in [-0.2, -0.15) is 0 Å². The smallest absolute Gasteiger partial charge is 0.00926 e. The van der Waals surface area contributed by atoms with Crippen molar-refractivity contribution in [3.05, 3.63) is 12.7 Å². The van der Waals surface area contributed by atoms with Crippen LogP contribution in [-0.2, 0) is 0 Å². The van der Waals surface area contributed by atoms with Gasteiger partial charge in [0.05, 0.1) is 0 Å². The molecule has 2 fully saturated rings. The van der Waals surface area contributed by atoms with Crippen molar-refractivity contribution in [1.29, 1.82) is 0 Å². The standard InChI is InChI=1S/C11H18/c1-4-11(3)8(2)9-5-6-10(11)7-9/h4,8-10H,1,5-7H2,2-3H3. The predicted octanol–water partition coefficient (Wildman–Crippen LogP) is 3.24. The van der Waals surface area contributed by atoms with Gasteiger partial charge in [0.25, 0.3) is 0 Å². The largest absolute Gasteiger partial charge is 0.103 e. The summed E-state index contributed by atoms with van der Waals surface area (Å²) in [5.41, 5.74) is 0.475. The first kappa shape index (κ1) is 7.39. The molecule has 2 rings (SSSR count). The molecule has 0 nitrogen and oxygen atoms in total. The van der Waals surface area contributed by atoms with Gasteiger partial charge in [-0.25, -0.2) is 0 Å². The van der Waals surface area contributed by atoms with Crippen molar-refractivity contribution in [2.75, 3.05) is 0 Å². The average Bonchev–Trinajstić information content (AvgIpc) is 2.56. The van der Waals surface area contributed by atoms with Crippen LogP contribution in [0.1, 0.15) is 33.1 Å². The first-order valence-electron chi connectivity index (χ1n) is 4.82. The Morgan fingerprint density at radius 2 is 2.18 bits per heavy atom. The van der Waals surface area contributed by atoms with E-state index in [4.69, 9.17) is 0 Å². The summed E-state index contributed by atoms with van der Waals surface area (Å²) in [4.78, 5) is 0. The van der Waals surface area contributed by atoms with Crippen LogP contribution >= 0.6 is 0 Å². The molecule has 0 aromatic carbocycles. The van der Waals surface area contributed by atoms with Gasteiger partial charge in [-0.15, -0.1) is 6.58 Å². The molecular weight excluding hydrogens is 132 g/mol. The van der Waals surface area contributed by atoms with Gasteiger partial charge in [0.15, 0.2) is 0 Å². The van der Waals surface area contributed by atoms with Crippen LogP contribution in [0.25, 0.3) is 0 Å². The molecule has 0 heteroatoms. The Hall–Kier alpha value is -0.260. The molecule has 0 aliphatic heterocycles. The Labute approximate surface area is 69.7 Å². The van der Waals surface area contributed by atoms with Crippen LogP contribution in [0, 0.1) is 23.2 Å². The summed E-state index contributed by atoms with van der Waals surface area (Å²) in [6, 6.07) is 0. The summed E-state index contributed by atoms with van der Waals surface area (Å²) >= 11 is 0. The minimum Gasteiger partial charge on any atom is -0.103 e. The van der Waals surface area contributed by atoms with Gasteiger partial charge in [0.1, 0.15) is 0 Å². The molecule has 0 spiro atoms. The van der Waals surface area contributed by atoms with Crippen LogP contribution in [0.2, 0.25) is 0 Å². The highest BCUT2D eigenvalue weighted by Crippen LogP contribution is 2.59. The maximum Gasteiger partial charge on any atom is -0.00926 e. The van der Waals surface area contributed by atoms with E-state index in [9.17, 15) is 0 Å². The van der Waals surface area contributed by atoms with Crippen molar-refractivity contribution >= 4 is 0 Å². The molecule has 0 amide bonds. The van der Waals surface area contributed by atoms with E-state index in [-0.39, 0.29) is 0 Å². The highest BCUT2D eigenvalue weighted by Gasteiger charge is 2.51. The van der Waals surface area contributed by atoms with Crippen LogP contribution in [0.5, 0.6) is 0 Å². The molecule has 4 atom stereocenters. The van der Waals surface area contributed by atoms with E-state index >= 15 is 0 Å². The number of rotatable bonds is 1. The van der Waals surface area contributed by atoms with E-state index < -0.39 is 0 Å².